The van der Waals surface area contributed by atoms with Gasteiger partial charge in [0, 0.05) is 12.6 Å². The number of benzene rings is 1. The number of carbonyl (C=O) groups excluding carboxylic acids is 1. The largest absolute Gasteiger partial charge is 0.595 e. The number of methoxy groups -OCH3 is 2. The highest BCUT2D eigenvalue weighted by atomic mass is 16.8. The second-order valence-electron chi connectivity index (χ2n) is 5.77. The third kappa shape index (κ3) is 4.34. The number of nitrogens with zero attached hydrogens (tertiary/aromatic N) is 1. The Morgan fingerprint density at radius 1 is 1.27 bits per heavy atom. The molecule has 144 valence electrons. The Balaban J connectivity index is 2.17. The molecule has 10 nitrogen and oxygen atoms in total. The Bertz CT molecular complexity index is 664. The van der Waals surface area contributed by atoms with E-state index in [1.54, 1.807) is 0 Å². The van der Waals surface area contributed by atoms with Crippen LogP contribution in [-0.2, 0) is 16.1 Å². The molecule has 0 aliphatic carbocycles. The molecule has 2 unspecified atom stereocenters. The van der Waals surface area contributed by atoms with Crippen LogP contribution in [0.3, 0.4) is 0 Å². The van der Waals surface area contributed by atoms with E-state index in [9.17, 15) is 25.1 Å². The molecule has 0 bridgehead atoms. The van der Waals surface area contributed by atoms with Gasteiger partial charge in [-0.1, -0.05) is 0 Å². The van der Waals surface area contributed by atoms with Crippen molar-refractivity contribution in [2.45, 2.75) is 31.9 Å². The van der Waals surface area contributed by atoms with Gasteiger partial charge in [0.1, 0.15) is 12.6 Å². The number of likely N-dealkylation sites (tertiary alicyclic amines) is 1. The Morgan fingerprint density at radius 2 is 1.92 bits per heavy atom. The molecule has 1 aromatic carbocycles. The van der Waals surface area contributed by atoms with E-state index in [0.29, 0.717) is 18.6 Å². The van der Waals surface area contributed by atoms with Crippen molar-refractivity contribution in [1.29, 1.82) is 0 Å². The van der Waals surface area contributed by atoms with Gasteiger partial charge in [-0.2, -0.15) is 5.23 Å². The predicted octanol–water partition coefficient (Wildman–Crippen LogP) is 0.683. The van der Waals surface area contributed by atoms with Crippen LogP contribution in [0.5, 0.6) is 11.5 Å². The van der Waals surface area contributed by atoms with Gasteiger partial charge in [-0.15, -0.1) is 0 Å². The first-order valence-electron chi connectivity index (χ1n) is 8.03. The number of rotatable bonds is 6. The highest BCUT2D eigenvalue weighted by Gasteiger charge is 2.33. The summed E-state index contributed by atoms with van der Waals surface area (Å²) < 4.78 is 15.4. The molecule has 10 heteroatoms. The van der Waals surface area contributed by atoms with E-state index in [4.69, 9.17) is 14.2 Å². The fourth-order valence-electron chi connectivity index (χ4n) is 2.87. The molecule has 0 radical (unpaired) electrons. The van der Waals surface area contributed by atoms with Gasteiger partial charge in [0.2, 0.25) is 0 Å². The Morgan fingerprint density at radius 3 is 2.50 bits per heavy atom. The van der Waals surface area contributed by atoms with Crippen molar-refractivity contribution in [3.8, 4) is 11.5 Å². The van der Waals surface area contributed by atoms with Gasteiger partial charge in [0.05, 0.1) is 19.8 Å². The SMILES string of the molecule is COc1cc(COC(=O)N2CCCCC2C(=O)O)c([NH+]([O-])O)cc1OC. The van der Waals surface area contributed by atoms with Crippen LogP contribution in [0.4, 0.5) is 10.5 Å². The van der Waals surface area contributed by atoms with Crippen molar-refractivity contribution in [3.05, 3.63) is 22.9 Å². The maximum absolute atomic E-state index is 12.3. The summed E-state index contributed by atoms with van der Waals surface area (Å²) in [5.41, 5.74) is 0.122. The van der Waals surface area contributed by atoms with Gasteiger partial charge >= 0.3 is 12.1 Å². The second-order valence-corrected chi connectivity index (χ2v) is 5.77. The van der Waals surface area contributed by atoms with Crippen molar-refractivity contribution in [1.82, 2.24) is 4.90 Å². The number of hydrogen-bond donors (Lipinski definition) is 3. The monoisotopic (exact) mass is 370 g/mol. The molecule has 1 aliphatic heterocycles. The van der Waals surface area contributed by atoms with Crippen LogP contribution >= 0.6 is 0 Å². The van der Waals surface area contributed by atoms with Crippen LogP contribution in [0.15, 0.2) is 12.1 Å². The summed E-state index contributed by atoms with van der Waals surface area (Å²) in [4.78, 5) is 24.7. The first-order chi connectivity index (χ1) is 12.4. The van der Waals surface area contributed by atoms with Crippen LogP contribution in [-0.4, -0.2) is 54.1 Å². The molecule has 1 aromatic rings. The zero-order valence-electron chi connectivity index (χ0n) is 14.6. The number of hydrogen-bond acceptors (Lipinski definition) is 7. The lowest BCUT2D eigenvalue weighted by Crippen LogP contribution is -2.99. The lowest BCUT2D eigenvalue weighted by atomic mass is 10.0. The molecule has 0 aromatic heterocycles. The minimum atomic E-state index is -1.21. The Hall–Kier alpha value is -2.56. The smallest absolute Gasteiger partial charge is 0.410 e. The third-order valence-electron chi connectivity index (χ3n) is 4.21. The second kappa shape index (κ2) is 8.70. The van der Waals surface area contributed by atoms with Gasteiger partial charge in [-0.3, -0.25) is 4.90 Å². The average molecular weight is 370 g/mol. The molecule has 1 fully saturated rings. The molecule has 2 atom stereocenters. The molecule has 2 rings (SSSR count). The molecular formula is C16H22N2O8. The number of ether oxygens (including phenoxy) is 3. The van der Waals surface area contributed by atoms with Crippen LogP contribution in [0.1, 0.15) is 24.8 Å². The average Bonchev–Trinajstić information content (AvgIpc) is 2.64. The number of carbonyl (C=O) groups is 2. The van der Waals surface area contributed by atoms with Gasteiger partial charge in [0.15, 0.2) is 17.2 Å². The summed E-state index contributed by atoms with van der Waals surface area (Å²) in [6.45, 7) is -0.0445. The number of carboxylic acid groups (broad SMARTS) is 1. The molecule has 1 heterocycles. The Labute approximate surface area is 150 Å². The van der Waals surface area contributed by atoms with Crippen molar-refractivity contribution < 1.29 is 39.3 Å². The molecule has 1 aliphatic rings. The van der Waals surface area contributed by atoms with E-state index in [0.717, 1.165) is 11.3 Å². The summed E-state index contributed by atoms with van der Waals surface area (Å²) in [5, 5.41) is 28.8. The first-order valence-corrected chi connectivity index (χ1v) is 8.03. The Kier molecular flexibility index (Phi) is 6.61. The highest BCUT2D eigenvalue weighted by molar-refractivity contribution is 5.80. The molecular weight excluding hydrogens is 348 g/mol. The standard InChI is InChI=1S/C16H22N2O8/c1-24-13-7-10(12(18(22)23)8-14(13)25-2)9-26-16(21)17-6-4-3-5-11(17)15(19)20/h7-8,11,18,22H,3-6,9H2,1-2H3,(H,19,20). The summed E-state index contributed by atoms with van der Waals surface area (Å²) in [6.07, 6.45) is 0.985. The van der Waals surface area contributed by atoms with E-state index in [1.165, 1.54) is 26.4 Å². The summed E-state index contributed by atoms with van der Waals surface area (Å²) in [6, 6.07) is 1.77. The van der Waals surface area contributed by atoms with E-state index in [1.807, 2.05) is 0 Å². The number of amides is 1. The van der Waals surface area contributed by atoms with Gasteiger partial charge in [-0.25, -0.2) is 14.8 Å². The maximum Gasteiger partial charge on any atom is 0.410 e. The van der Waals surface area contributed by atoms with Crippen LogP contribution in [0, 0.1) is 5.21 Å². The maximum atomic E-state index is 12.3. The van der Waals surface area contributed by atoms with Crippen molar-refractivity contribution in [2.75, 3.05) is 20.8 Å². The minimum absolute atomic E-state index is 0.0936. The van der Waals surface area contributed by atoms with Crippen molar-refractivity contribution in [2.24, 2.45) is 0 Å². The van der Waals surface area contributed by atoms with Crippen LogP contribution in [0.25, 0.3) is 0 Å². The minimum Gasteiger partial charge on any atom is -0.595 e. The highest BCUT2D eigenvalue weighted by Crippen LogP contribution is 2.32. The van der Waals surface area contributed by atoms with Gasteiger partial charge in [-0.05, 0) is 25.3 Å². The quantitative estimate of drug-likeness (QED) is 0.623. The zero-order valence-corrected chi connectivity index (χ0v) is 14.6. The third-order valence-corrected chi connectivity index (χ3v) is 4.21. The molecule has 1 amide bonds. The molecule has 1 saturated heterocycles. The first kappa shape index (κ1) is 19.8. The van der Waals surface area contributed by atoms with Gasteiger partial charge in [0.25, 0.3) is 0 Å². The van der Waals surface area contributed by atoms with Crippen molar-refractivity contribution >= 4 is 17.7 Å². The fraction of sp³-hybridized carbons (Fsp3) is 0.500. The number of nitrogens with one attached hydrogen (secondary N) is 1. The normalized spacial score (nSPS) is 18.2. The summed E-state index contributed by atoms with van der Waals surface area (Å²) >= 11 is 0. The zero-order chi connectivity index (χ0) is 19.3. The molecule has 26 heavy (non-hydrogen) atoms. The summed E-state index contributed by atoms with van der Waals surface area (Å²) in [5.74, 6) is -0.550. The van der Waals surface area contributed by atoms with Gasteiger partial charge < -0.3 is 24.5 Å². The van der Waals surface area contributed by atoms with E-state index >= 15 is 0 Å². The molecule has 0 spiro atoms. The molecule has 3 N–H and O–H groups in total. The number of carboxylic acids is 1. The number of aliphatic carboxylic acids is 1. The lowest BCUT2D eigenvalue weighted by molar-refractivity contribution is -0.991. The summed E-state index contributed by atoms with van der Waals surface area (Å²) in [7, 11) is 2.78. The predicted molar refractivity (Wildman–Crippen MR) is 87.5 cm³/mol. The van der Waals surface area contributed by atoms with Crippen LogP contribution < -0.4 is 14.7 Å². The van der Waals surface area contributed by atoms with E-state index in [2.05, 4.69) is 0 Å². The fourth-order valence-corrected chi connectivity index (χ4v) is 2.87. The number of piperidine rings is 1. The topological polar surface area (TPSA) is 133 Å². The van der Waals surface area contributed by atoms with Crippen molar-refractivity contribution in [3.63, 3.8) is 0 Å². The number of quaternary nitrogens is 1. The van der Waals surface area contributed by atoms with Crippen LogP contribution in [0.2, 0.25) is 0 Å². The molecule has 0 saturated carbocycles. The van der Waals surface area contributed by atoms with E-state index in [-0.39, 0.29) is 30.2 Å². The lowest BCUT2D eigenvalue weighted by Gasteiger charge is -2.32. The van der Waals surface area contributed by atoms with E-state index < -0.39 is 23.3 Å².